The molecule has 1 rings (SSSR count). The van der Waals surface area contributed by atoms with Gasteiger partial charge >= 0.3 is 5.97 Å². The van der Waals surface area contributed by atoms with E-state index in [-0.39, 0.29) is 0 Å². The molecule has 1 amide bonds. The minimum absolute atomic E-state index is 0.476. The van der Waals surface area contributed by atoms with Crippen LogP contribution < -0.4 is 11.1 Å². The minimum atomic E-state index is -1.34. The fourth-order valence-electron chi connectivity index (χ4n) is 1.74. The van der Waals surface area contributed by atoms with Gasteiger partial charge in [0.15, 0.2) is 6.04 Å². The van der Waals surface area contributed by atoms with Crippen molar-refractivity contribution in [1.29, 1.82) is 0 Å². The highest BCUT2D eigenvalue weighted by atomic mass is 16.4. The van der Waals surface area contributed by atoms with Gasteiger partial charge in [-0.15, -0.1) is 0 Å². The van der Waals surface area contributed by atoms with Crippen LogP contribution in [0.15, 0.2) is 24.3 Å². The molecule has 0 spiro atoms. The normalized spacial score (nSPS) is 14.4. The third-order valence-electron chi connectivity index (χ3n) is 3.24. The van der Waals surface area contributed by atoms with Crippen LogP contribution in [-0.4, -0.2) is 34.2 Å². The Labute approximate surface area is 117 Å². The Hall–Kier alpha value is -2.08. The molecule has 0 aliphatic heterocycles. The molecule has 0 aromatic heterocycles. The van der Waals surface area contributed by atoms with Crippen LogP contribution in [-0.2, 0) is 15.0 Å². The van der Waals surface area contributed by atoms with Crippen LogP contribution in [0.2, 0.25) is 0 Å². The van der Waals surface area contributed by atoms with Gasteiger partial charge in [-0.2, -0.15) is 0 Å². The molecule has 0 radical (unpaired) electrons. The molecule has 0 saturated carbocycles. The molecule has 2 atom stereocenters. The third-order valence-corrected chi connectivity index (χ3v) is 3.24. The summed E-state index contributed by atoms with van der Waals surface area (Å²) >= 11 is 0. The predicted octanol–water partition coefficient (Wildman–Crippen LogP) is 0.497. The maximum absolute atomic E-state index is 12.3. The van der Waals surface area contributed by atoms with Crippen molar-refractivity contribution >= 4 is 17.6 Å². The van der Waals surface area contributed by atoms with E-state index in [2.05, 4.69) is 5.32 Å². The van der Waals surface area contributed by atoms with Crippen LogP contribution in [0.3, 0.4) is 0 Å². The number of carbonyl (C=O) groups is 2. The van der Waals surface area contributed by atoms with E-state index in [1.54, 1.807) is 38.1 Å². The maximum atomic E-state index is 12.3. The van der Waals surface area contributed by atoms with Gasteiger partial charge in [-0.05, 0) is 38.5 Å². The Kier molecular flexibility index (Phi) is 4.73. The highest BCUT2D eigenvalue weighted by Crippen LogP contribution is 2.24. The van der Waals surface area contributed by atoms with Crippen molar-refractivity contribution in [2.24, 2.45) is 0 Å². The first-order valence-electron chi connectivity index (χ1n) is 6.24. The number of hydrogen-bond donors (Lipinski definition) is 4. The van der Waals surface area contributed by atoms with Crippen molar-refractivity contribution in [1.82, 2.24) is 5.32 Å². The highest BCUT2D eigenvalue weighted by molar-refractivity contribution is 5.91. The number of carboxylic acids is 1. The zero-order valence-electron chi connectivity index (χ0n) is 11.8. The van der Waals surface area contributed by atoms with Crippen LogP contribution in [0, 0.1) is 0 Å². The van der Waals surface area contributed by atoms with E-state index >= 15 is 0 Å². The number of rotatable bonds is 5. The molecule has 20 heavy (non-hydrogen) atoms. The Morgan fingerprint density at radius 3 is 2.15 bits per heavy atom. The Morgan fingerprint density at radius 1 is 1.25 bits per heavy atom. The summed E-state index contributed by atoms with van der Waals surface area (Å²) in [5.74, 6) is -1.75. The highest BCUT2D eigenvalue weighted by Gasteiger charge is 2.34. The van der Waals surface area contributed by atoms with E-state index in [0.29, 0.717) is 11.3 Å². The number of anilines is 1. The fraction of sp³-hybridized carbons (Fsp3) is 0.429. The number of carboxylic acid groups (broad SMARTS) is 1. The second kappa shape index (κ2) is 5.92. The summed E-state index contributed by atoms with van der Waals surface area (Å²) < 4.78 is 0. The van der Waals surface area contributed by atoms with Crippen molar-refractivity contribution < 1.29 is 19.8 Å². The molecular weight excluding hydrogens is 260 g/mol. The summed E-state index contributed by atoms with van der Waals surface area (Å²) in [6, 6.07) is 5.44. The third kappa shape index (κ3) is 3.48. The lowest BCUT2D eigenvalue weighted by Crippen LogP contribution is -2.52. The van der Waals surface area contributed by atoms with E-state index in [0.717, 1.165) is 0 Å². The Morgan fingerprint density at radius 2 is 1.75 bits per heavy atom. The van der Waals surface area contributed by atoms with Crippen LogP contribution in [0.25, 0.3) is 0 Å². The van der Waals surface area contributed by atoms with Crippen molar-refractivity contribution in [3.05, 3.63) is 29.8 Å². The monoisotopic (exact) mass is 280 g/mol. The summed E-state index contributed by atoms with van der Waals surface area (Å²) in [6.45, 7) is 4.67. The largest absolute Gasteiger partial charge is 0.480 e. The van der Waals surface area contributed by atoms with Gasteiger partial charge < -0.3 is 21.3 Å². The SMILES string of the molecule is C[C@@H](O)[C@H](NC(=O)C(C)(C)c1ccc(N)cc1)C(=O)O. The lowest BCUT2D eigenvalue weighted by atomic mass is 9.83. The molecule has 0 saturated heterocycles. The molecule has 6 heteroatoms. The average molecular weight is 280 g/mol. The molecule has 0 bridgehead atoms. The lowest BCUT2D eigenvalue weighted by molar-refractivity contribution is -0.145. The number of amides is 1. The minimum Gasteiger partial charge on any atom is -0.480 e. The summed E-state index contributed by atoms with van der Waals surface area (Å²) in [5, 5.41) is 20.7. The molecule has 0 heterocycles. The first-order valence-corrected chi connectivity index (χ1v) is 6.24. The lowest BCUT2D eigenvalue weighted by Gasteiger charge is -2.27. The second-order valence-corrected chi connectivity index (χ2v) is 5.28. The number of aliphatic carboxylic acids is 1. The number of nitrogen functional groups attached to an aromatic ring is 1. The number of nitrogens with two attached hydrogens (primary N) is 1. The summed E-state index contributed by atoms with van der Waals surface area (Å²) in [5.41, 5.74) is 5.95. The van der Waals surface area contributed by atoms with Gasteiger partial charge in [0.25, 0.3) is 0 Å². The number of aliphatic hydroxyl groups is 1. The van der Waals surface area contributed by atoms with Crippen molar-refractivity contribution in [3.63, 3.8) is 0 Å². The zero-order valence-corrected chi connectivity index (χ0v) is 11.8. The molecule has 1 aromatic rings. The van der Waals surface area contributed by atoms with Crippen LogP contribution >= 0.6 is 0 Å². The summed E-state index contributed by atoms with van der Waals surface area (Å²) in [6.07, 6.45) is -1.18. The van der Waals surface area contributed by atoms with Crippen LogP contribution in [0.4, 0.5) is 5.69 Å². The standard InChI is InChI=1S/C14H20N2O4/c1-8(17)11(12(18)19)16-13(20)14(2,3)9-4-6-10(15)7-5-9/h4-8,11,17H,15H2,1-3H3,(H,16,20)(H,18,19)/t8-,11+/m1/s1. The molecule has 6 nitrogen and oxygen atoms in total. The molecule has 0 aliphatic carbocycles. The molecule has 0 unspecified atom stereocenters. The topological polar surface area (TPSA) is 113 Å². The van der Waals surface area contributed by atoms with Gasteiger partial charge in [-0.25, -0.2) is 4.79 Å². The molecule has 0 aliphatic rings. The maximum Gasteiger partial charge on any atom is 0.328 e. The smallest absolute Gasteiger partial charge is 0.328 e. The number of aliphatic hydroxyl groups excluding tert-OH is 1. The molecule has 0 fully saturated rings. The second-order valence-electron chi connectivity index (χ2n) is 5.28. The van der Waals surface area contributed by atoms with Crippen molar-refractivity contribution in [3.8, 4) is 0 Å². The number of benzene rings is 1. The van der Waals surface area contributed by atoms with Crippen LogP contribution in [0.5, 0.6) is 0 Å². The first-order chi connectivity index (χ1) is 9.16. The zero-order chi connectivity index (χ0) is 15.5. The van der Waals surface area contributed by atoms with E-state index < -0.39 is 29.4 Å². The quantitative estimate of drug-likeness (QED) is 0.587. The van der Waals surface area contributed by atoms with Gasteiger partial charge in [-0.1, -0.05) is 12.1 Å². The Balaban J connectivity index is 2.94. The van der Waals surface area contributed by atoms with Gasteiger partial charge in [0.05, 0.1) is 11.5 Å². The summed E-state index contributed by atoms with van der Waals surface area (Å²) in [7, 11) is 0. The number of nitrogens with one attached hydrogen (secondary N) is 1. The average Bonchev–Trinajstić information content (AvgIpc) is 2.35. The number of hydrogen-bond acceptors (Lipinski definition) is 4. The molecular formula is C14H20N2O4. The molecule has 1 aromatic carbocycles. The van der Waals surface area contributed by atoms with E-state index in [1.807, 2.05) is 0 Å². The van der Waals surface area contributed by atoms with Crippen molar-refractivity contribution in [2.45, 2.75) is 38.3 Å². The van der Waals surface area contributed by atoms with Gasteiger partial charge in [0.2, 0.25) is 5.91 Å². The summed E-state index contributed by atoms with van der Waals surface area (Å²) in [4.78, 5) is 23.2. The van der Waals surface area contributed by atoms with E-state index in [4.69, 9.17) is 10.8 Å². The van der Waals surface area contributed by atoms with Gasteiger partial charge in [0, 0.05) is 5.69 Å². The molecule has 5 N–H and O–H groups in total. The fourth-order valence-corrected chi connectivity index (χ4v) is 1.74. The first kappa shape index (κ1) is 16.0. The van der Waals surface area contributed by atoms with E-state index in [9.17, 15) is 14.7 Å². The van der Waals surface area contributed by atoms with Gasteiger partial charge in [0.1, 0.15) is 0 Å². The molecule has 110 valence electrons. The van der Waals surface area contributed by atoms with Gasteiger partial charge in [-0.3, -0.25) is 4.79 Å². The Bertz CT molecular complexity index is 494. The van der Waals surface area contributed by atoms with Crippen molar-refractivity contribution in [2.75, 3.05) is 5.73 Å². The van der Waals surface area contributed by atoms with E-state index in [1.165, 1.54) is 6.92 Å². The predicted molar refractivity (Wildman–Crippen MR) is 75.1 cm³/mol. The number of carbonyl (C=O) groups excluding carboxylic acids is 1. The van der Waals surface area contributed by atoms with Crippen LogP contribution in [0.1, 0.15) is 26.3 Å².